The fraction of sp³-hybridized carbons (Fsp3) is 0.524. The van der Waals surface area contributed by atoms with Gasteiger partial charge in [-0.05, 0) is 30.4 Å². The van der Waals surface area contributed by atoms with Crippen LogP contribution in [-0.2, 0) is 24.6 Å². The maximum atomic E-state index is 13.0. The number of ketones is 3. The number of carbonyl (C=O) groups is 4. The Kier molecular flexibility index (Phi) is 5.79. The van der Waals surface area contributed by atoms with Crippen molar-refractivity contribution in [1.82, 2.24) is 0 Å². The van der Waals surface area contributed by atoms with Crippen molar-refractivity contribution in [2.24, 2.45) is 5.92 Å². The Morgan fingerprint density at radius 2 is 1.77 bits per heavy atom. The number of para-hydroxylation sites is 1. The van der Waals surface area contributed by atoms with Crippen LogP contribution in [0.3, 0.4) is 0 Å². The van der Waals surface area contributed by atoms with Crippen LogP contribution in [0.2, 0.25) is 0 Å². The Hall–Kier alpha value is -2.30. The van der Waals surface area contributed by atoms with Crippen LogP contribution < -0.4 is 4.90 Å². The summed E-state index contributed by atoms with van der Waals surface area (Å²) in [5.41, 5.74) is 1.46. The molecule has 2 atom stereocenters. The number of hydrogen-bond donors (Lipinski definition) is 0. The van der Waals surface area contributed by atoms with Gasteiger partial charge in [0.15, 0.2) is 5.78 Å². The smallest absolute Gasteiger partial charge is 0.224 e. The van der Waals surface area contributed by atoms with Gasteiger partial charge in [-0.15, -0.1) is 0 Å². The molecule has 0 saturated carbocycles. The Labute approximate surface area is 154 Å². The van der Waals surface area contributed by atoms with E-state index in [1.165, 1.54) is 18.7 Å². The normalized spacial score (nSPS) is 19.4. The lowest BCUT2D eigenvalue weighted by Gasteiger charge is -2.44. The molecule has 0 aliphatic carbocycles. The second-order valence-electron chi connectivity index (χ2n) is 7.66. The zero-order valence-electron chi connectivity index (χ0n) is 16.2. The maximum Gasteiger partial charge on any atom is 0.224 e. The lowest BCUT2D eigenvalue weighted by atomic mass is 9.72. The molecule has 0 bridgehead atoms. The lowest BCUT2D eigenvalue weighted by molar-refractivity contribution is -0.136. The predicted molar refractivity (Wildman–Crippen MR) is 100 cm³/mol. The summed E-state index contributed by atoms with van der Waals surface area (Å²) < 4.78 is 0. The highest BCUT2D eigenvalue weighted by Crippen LogP contribution is 2.43. The summed E-state index contributed by atoms with van der Waals surface area (Å²) in [4.78, 5) is 50.8. The number of benzene rings is 1. The molecule has 2 unspecified atom stereocenters. The van der Waals surface area contributed by atoms with Crippen LogP contribution in [0.4, 0.5) is 5.69 Å². The van der Waals surface area contributed by atoms with Crippen molar-refractivity contribution in [3.05, 3.63) is 29.8 Å². The van der Waals surface area contributed by atoms with Crippen molar-refractivity contribution >= 4 is 28.9 Å². The largest absolute Gasteiger partial charge is 0.302 e. The Balaban J connectivity index is 2.41. The molecule has 5 nitrogen and oxygen atoms in total. The number of carbonyl (C=O) groups excluding carboxylic acids is 4. The third-order valence-electron chi connectivity index (χ3n) is 5.25. The number of nitrogens with zero attached hydrogens (tertiary/aromatic N) is 1. The van der Waals surface area contributed by atoms with Crippen molar-refractivity contribution in [1.29, 1.82) is 0 Å². The molecule has 0 saturated heterocycles. The number of anilines is 1. The van der Waals surface area contributed by atoms with E-state index >= 15 is 0 Å². The van der Waals surface area contributed by atoms with Crippen molar-refractivity contribution in [3.8, 4) is 0 Å². The molecule has 0 spiro atoms. The van der Waals surface area contributed by atoms with Crippen LogP contribution >= 0.6 is 0 Å². The Morgan fingerprint density at radius 3 is 2.31 bits per heavy atom. The zero-order valence-corrected chi connectivity index (χ0v) is 16.2. The molecule has 1 amide bonds. The minimum Gasteiger partial charge on any atom is -0.302 e. The molecule has 0 radical (unpaired) electrons. The van der Waals surface area contributed by atoms with Crippen LogP contribution in [0.25, 0.3) is 0 Å². The van der Waals surface area contributed by atoms with Gasteiger partial charge in [-0.3, -0.25) is 19.2 Å². The van der Waals surface area contributed by atoms with E-state index in [1.54, 1.807) is 6.92 Å². The molecular formula is C21H27NO4. The summed E-state index contributed by atoms with van der Waals surface area (Å²) in [6.45, 7) is 8.56. The third-order valence-corrected chi connectivity index (χ3v) is 5.25. The van der Waals surface area contributed by atoms with Gasteiger partial charge in [0, 0.05) is 25.5 Å². The molecule has 0 N–H and O–H groups in total. The molecule has 2 rings (SSSR count). The van der Waals surface area contributed by atoms with Gasteiger partial charge in [-0.1, -0.05) is 39.0 Å². The van der Waals surface area contributed by atoms with Gasteiger partial charge in [-0.25, -0.2) is 0 Å². The second-order valence-corrected chi connectivity index (χ2v) is 7.66. The molecule has 1 heterocycles. The fourth-order valence-corrected chi connectivity index (χ4v) is 3.82. The maximum absolute atomic E-state index is 13.0. The highest BCUT2D eigenvalue weighted by molar-refractivity contribution is 6.07. The van der Waals surface area contributed by atoms with Gasteiger partial charge in [0.25, 0.3) is 0 Å². The topological polar surface area (TPSA) is 71.5 Å². The number of rotatable bonds is 6. The Morgan fingerprint density at radius 1 is 1.15 bits per heavy atom. The first-order chi connectivity index (χ1) is 12.1. The quantitative estimate of drug-likeness (QED) is 0.733. The van der Waals surface area contributed by atoms with E-state index < -0.39 is 12.0 Å². The highest BCUT2D eigenvalue weighted by Gasteiger charge is 2.43. The van der Waals surface area contributed by atoms with E-state index in [1.807, 2.05) is 38.1 Å². The lowest BCUT2D eigenvalue weighted by Crippen LogP contribution is -2.52. The molecule has 1 aromatic rings. The molecule has 5 heteroatoms. The highest BCUT2D eigenvalue weighted by atomic mass is 16.2. The molecule has 26 heavy (non-hydrogen) atoms. The van der Waals surface area contributed by atoms with Crippen LogP contribution in [0.5, 0.6) is 0 Å². The van der Waals surface area contributed by atoms with Crippen LogP contribution in [0.15, 0.2) is 24.3 Å². The first-order valence-electron chi connectivity index (χ1n) is 9.05. The molecule has 1 aliphatic heterocycles. The average molecular weight is 357 g/mol. The minimum atomic E-state index is -0.915. The summed E-state index contributed by atoms with van der Waals surface area (Å²) in [6.07, 6.45) is 0.537. The minimum absolute atomic E-state index is 0.144. The third kappa shape index (κ3) is 3.76. The number of Topliss-reactive ketones (excluding diaryl/α,β-unsaturated/α-hetero) is 3. The summed E-state index contributed by atoms with van der Waals surface area (Å²) in [5.74, 6) is -1.88. The molecule has 0 aromatic heterocycles. The second kappa shape index (κ2) is 7.52. The zero-order chi connectivity index (χ0) is 19.6. The van der Waals surface area contributed by atoms with Crippen LogP contribution in [-0.4, -0.2) is 29.3 Å². The van der Waals surface area contributed by atoms with Crippen molar-refractivity contribution in [2.75, 3.05) is 4.90 Å². The summed E-state index contributed by atoms with van der Waals surface area (Å²) in [7, 11) is 0. The molecule has 0 fully saturated rings. The first-order valence-corrected chi connectivity index (χ1v) is 9.05. The average Bonchev–Trinajstić information content (AvgIpc) is 2.57. The number of amides is 1. The number of fused-ring (bicyclic) bond motifs is 1. The van der Waals surface area contributed by atoms with Gasteiger partial charge in [-0.2, -0.15) is 0 Å². The Bertz CT molecular complexity index is 750. The number of hydrogen-bond acceptors (Lipinski definition) is 4. The standard InChI is InChI=1S/C21H27NO4/c1-6-19(25)15(13(2)23)11-20(26)18-12-21(4,5)16-9-7-8-10-17(16)22(18)14(3)24/h7-10,15,18H,6,11-12H2,1-5H3. The van der Waals surface area contributed by atoms with Gasteiger partial charge in [0.2, 0.25) is 5.91 Å². The van der Waals surface area contributed by atoms with Crippen molar-refractivity contribution in [3.63, 3.8) is 0 Å². The van der Waals surface area contributed by atoms with E-state index in [9.17, 15) is 19.2 Å². The SMILES string of the molecule is CCC(=O)C(CC(=O)C1CC(C)(C)c2ccccc2N1C(C)=O)C(C)=O. The summed E-state index contributed by atoms with van der Waals surface area (Å²) in [6, 6.07) is 6.93. The first kappa shape index (κ1) is 20.0. The van der Waals surface area contributed by atoms with Crippen molar-refractivity contribution < 1.29 is 19.2 Å². The van der Waals surface area contributed by atoms with E-state index in [4.69, 9.17) is 0 Å². The van der Waals surface area contributed by atoms with Gasteiger partial charge in [0.1, 0.15) is 11.6 Å². The van der Waals surface area contributed by atoms with Gasteiger partial charge in [0.05, 0.1) is 12.0 Å². The molecule has 1 aliphatic rings. The van der Waals surface area contributed by atoms with Crippen LogP contribution in [0.1, 0.15) is 59.4 Å². The molecule has 140 valence electrons. The predicted octanol–water partition coefficient (Wildman–Crippen LogP) is 3.23. The van der Waals surface area contributed by atoms with E-state index in [0.29, 0.717) is 6.42 Å². The van der Waals surface area contributed by atoms with E-state index in [0.717, 1.165) is 11.3 Å². The van der Waals surface area contributed by atoms with Gasteiger partial charge < -0.3 is 4.90 Å². The summed E-state index contributed by atoms with van der Waals surface area (Å²) in [5, 5.41) is 0. The monoisotopic (exact) mass is 357 g/mol. The fourth-order valence-electron chi connectivity index (χ4n) is 3.82. The molecular weight excluding hydrogens is 330 g/mol. The summed E-state index contributed by atoms with van der Waals surface area (Å²) >= 11 is 0. The van der Waals surface area contributed by atoms with Crippen LogP contribution in [0, 0.1) is 5.92 Å². The molecule has 1 aromatic carbocycles. The van der Waals surface area contributed by atoms with Crippen molar-refractivity contribution in [2.45, 2.75) is 65.3 Å². The van der Waals surface area contributed by atoms with E-state index in [2.05, 4.69) is 0 Å². The van der Waals surface area contributed by atoms with E-state index in [-0.39, 0.29) is 41.5 Å². The van der Waals surface area contributed by atoms with Gasteiger partial charge >= 0.3 is 0 Å².